The average Bonchev–Trinajstić information content (AvgIpc) is 2.92. The van der Waals surface area contributed by atoms with Gasteiger partial charge in [0, 0.05) is 46.0 Å². The minimum atomic E-state index is -3.44. The summed E-state index contributed by atoms with van der Waals surface area (Å²) >= 11 is 11.3. The van der Waals surface area contributed by atoms with E-state index in [9.17, 15) is 4.57 Å². The predicted molar refractivity (Wildman–Crippen MR) is 149 cm³/mol. The van der Waals surface area contributed by atoms with Crippen molar-refractivity contribution >= 4 is 42.2 Å². The maximum Gasteiger partial charge on any atom is 0.341 e. The van der Waals surface area contributed by atoms with Crippen LogP contribution in [0.2, 0.25) is 0 Å². The highest BCUT2D eigenvalue weighted by molar-refractivity contribution is 7.53. The minimum Gasteiger partial charge on any atom is -0.392 e. The van der Waals surface area contributed by atoms with Crippen LogP contribution in [0.1, 0.15) is 38.8 Å². The molecule has 3 N–H and O–H groups in total. The van der Waals surface area contributed by atoms with Gasteiger partial charge in [-0.25, -0.2) is 10.2 Å². The molecule has 0 heterocycles. The van der Waals surface area contributed by atoms with Crippen LogP contribution < -0.4 is 5.50 Å². The van der Waals surface area contributed by atoms with Crippen LogP contribution in [0.5, 0.6) is 0 Å². The first-order valence-corrected chi connectivity index (χ1v) is 13.9. The van der Waals surface area contributed by atoms with Crippen molar-refractivity contribution in [1.82, 2.24) is 4.67 Å². The van der Waals surface area contributed by atoms with Crippen molar-refractivity contribution in [1.29, 1.82) is 0 Å². The molecule has 1 atom stereocenters. The van der Waals surface area contributed by atoms with E-state index in [1.807, 2.05) is 27.7 Å². The number of nitrogens with zero attached hydrogens (tertiary/aromatic N) is 7. The maximum absolute atomic E-state index is 12.3. The molecule has 14 heteroatoms. The zero-order valence-electron chi connectivity index (χ0n) is 21.0. The van der Waals surface area contributed by atoms with Crippen LogP contribution in [-0.2, 0) is 22.3 Å². The Balaban J connectivity index is 0. The van der Waals surface area contributed by atoms with E-state index in [2.05, 4.69) is 20.1 Å². The average molecular weight is 561 g/mol. The Kier molecular flexibility index (Phi) is 23.0. The van der Waals surface area contributed by atoms with Crippen molar-refractivity contribution in [3.63, 3.8) is 0 Å². The van der Waals surface area contributed by atoms with Crippen molar-refractivity contribution in [2.75, 3.05) is 24.8 Å². The summed E-state index contributed by atoms with van der Waals surface area (Å²) in [6.45, 7) is 8.75. The molecule has 0 radical (unpaired) electrons. The first kappa shape index (κ1) is 35.9. The monoisotopic (exact) mass is 560 g/mol. The van der Waals surface area contributed by atoms with E-state index in [1.54, 1.807) is 48.5 Å². The van der Waals surface area contributed by atoms with E-state index in [0.717, 1.165) is 11.1 Å². The number of hydrogen-bond donors (Lipinski definition) is 2. The lowest BCUT2D eigenvalue weighted by Gasteiger charge is -2.26. The molecule has 200 valence electrons. The fourth-order valence-electron chi connectivity index (χ4n) is 2.26. The Bertz CT molecular complexity index is 962. The van der Waals surface area contributed by atoms with Crippen molar-refractivity contribution in [3.8, 4) is 0 Å². The minimum absolute atomic E-state index is 0.0105. The van der Waals surface area contributed by atoms with Crippen molar-refractivity contribution in [2.45, 2.75) is 40.9 Å². The van der Waals surface area contributed by atoms with Gasteiger partial charge in [-0.2, -0.15) is 0 Å². The Morgan fingerprint density at radius 3 is 1.61 bits per heavy atom. The quantitative estimate of drug-likeness (QED) is 0.0923. The van der Waals surface area contributed by atoms with Crippen LogP contribution in [-0.4, -0.2) is 34.6 Å². The second-order valence-corrected chi connectivity index (χ2v) is 8.75. The third kappa shape index (κ3) is 15.7. The highest BCUT2D eigenvalue weighted by atomic mass is 35.5. The fraction of sp³-hybridized carbons (Fsp3) is 0.455. The Morgan fingerprint density at radius 1 is 0.889 bits per heavy atom. The summed E-state index contributed by atoms with van der Waals surface area (Å²) in [4.78, 5) is 5.31. The molecular weight excluding hydrogens is 526 g/mol. The van der Waals surface area contributed by atoms with Gasteiger partial charge in [-0.05, 0) is 22.2 Å². The smallest absolute Gasteiger partial charge is 0.341 e. The Hall–Kier alpha value is -2.29. The topological polar surface area (TPSA) is 173 Å². The SMILES string of the molecule is CC.CC.[N-]=[N+]=Nc1ccc(CO)cc1.[N-]=[N+]=Nc1ccc(COP(N)(=O)N(CCCl)CCCl)cc1. The van der Waals surface area contributed by atoms with E-state index in [4.69, 9.17) is 49.4 Å². The van der Waals surface area contributed by atoms with E-state index >= 15 is 0 Å². The van der Waals surface area contributed by atoms with Crippen LogP contribution in [0.3, 0.4) is 0 Å². The first-order chi connectivity index (χ1) is 17.4. The molecule has 36 heavy (non-hydrogen) atoms. The van der Waals surface area contributed by atoms with Crippen LogP contribution in [0, 0.1) is 0 Å². The van der Waals surface area contributed by atoms with Crippen molar-refractivity contribution in [3.05, 3.63) is 80.5 Å². The predicted octanol–water partition coefficient (Wildman–Crippen LogP) is 8.16. The van der Waals surface area contributed by atoms with Gasteiger partial charge in [-0.1, -0.05) is 86.5 Å². The molecule has 0 aromatic heterocycles. The Labute approximate surface area is 223 Å². The normalized spacial score (nSPS) is 11.0. The molecule has 0 fully saturated rings. The summed E-state index contributed by atoms with van der Waals surface area (Å²) < 4.78 is 19.1. The van der Waals surface area contributed by atoms with Gasteiger partial charge >= 0.3 is 7.67 Å². The number of halogens is 2. The number of aliphatic hydroxyl groups excluding tert-OH is 1. The molecule has 0 aliphatic carbocycles. The molecule has 11 nitrogen and oxygen atoms in total. The second-order valence-electron chi connectivity index (χ2n) is 6.04. The summed E-state index contributed by atoms with van der Waals surface area (Å²) in [6.07, 6.45) is 0. The summed E-state index contributed by atoms with van der Waals surface area (Å²) in [5.74, 6) is 0.560. The highest BCUT2D eigenvalue weighted by Gasteiger charge is 2.26. The molecule has 0 saturated heterocycles. The number of azide groups is 2. The largest absolute Gasteiger partial charge is 0.392 e. The molecule has 0 bridgehead atoms. The number of nitrogens with two attached hydrogens (primary N) is 1. The van der Waals surface area contributed by atoms with Gasteiger partial charge < -0.3 is 9.63 Å². The number of aliphatic hydroxyl groups is 1. The zero-order chi connectivity index (χ0) is 27.8. The fourth-order valence-corrected chi connectivity index (χ4v) is 4.16. The highest BCUT2D eigenvalue weighted by Crippen LogP contribution is 2.43. The molecule has 2 aromatic rings. The second kappa shape index (κ2) is 23.1. The summed E-state index contributed by atoms with van der Waals surface area (Å²) in [6, 6.07) is 13.4. The molecule has 1 unspecified atom stereocenters. The van der Waals surface area contributed by atoms with Crippen molar-refractivity contribution in [2.24, 2.45) is 15.7 Å². The summed E-state index contributed by atoms with van der Waals surface area (Å²) in [5.41, 5.74) is 24.7. The third-order valence-corrected chi connectivity index (χ3v) is 5.90. The number of alkyl halides is 2. The van der Waals surface area contributed by atoms with Gasteiger partial charge in [-0.3, -0.25) is 4.57 Å². The van der Waals surface area contributed by atoms with Gasteiger partial charge in [0.05, 0.1) is 13.2 Å². The van der Waals surface area contributed by atoms with Gasteiger partial charge in [0.25, 0.3) is 0 Å². The number of hydrogen-bond acceptors (Lipinski definition) is 5. The van der Waals surface area contributed by atoms with Crippen LogP contribution >= 0.6 is 30.9 Å². The van der Waals surface area contributed by atoms with Crippen LogP contribution in [0.4, 0.5) is 11.4 Å². The lowest BCUT2D eigenvalue weighted by Crippen LogP contribution is -2.29. The van der Waals surface area contributed by atoms with Gasteiger partial charge in [0.1, 0.15) is 0 Å². The number of rotatable bonds is 11. The first-order valence-electron chi connectivity index (χ1n) is 11.2. The summed E-state index contributed by atoms with van der Waals surface area (Å²) in [7, 11) is -3.44. The summed E-state index contributed by atoms with van der Waals surface area (Å²) in [5, 5.41) is 15.5. The van der Waals surface area contributed by atoms with Crippen LogP contribution in [0.25, 0.3) is 20.9 Å². The standard InChI is InChI=1S/C11H16Cl2N5O2P.C7H7N3O.2C2H6/c12-5-7-18(8-6-13)21(15,19)20-9-10-1-3-11(4-2-10)16-17-14;8-10-9-7-3-1-6(5-11)2-4-7;2*1-2/h1-4H,5-9H2,(H2,15,19);1-4,11H,5H2;2*1-2H3. The van der Waals surface area contributed by atoms with Gasteiger partial charge in [0.2, 0.25) is 0 Å². The zero-order valence-corrected chi connectivity index (χ0v) is 23.4. The number of benzene rings is 2. The van der Waals surface area contributed by atoms with E-state index in [-0.39, 0.29) is 25.0 Å². The Morgan fingerprint density at radius 2 is 1.28 bits per heavy atom. The third-order valence-electron chi connectivity index (χ3n) is 3.87. The van der Waals surface area contributed by atoms with E-state index in [0.29, 0.717) is 24.5 Å². The molecule has 0 spiro atoms. The van der Waals surface area contributed by atoms with E-state index in [1.165, 1.54) is 4.67 Å². The molecule has 2 aromatic carbocycles. The molecular formula is C22H35Cl2N8O3P. The molecule has 0 saturated carbocycles. The lowest BCUT2D eigenvalue weighted by molar-refractivity contribution is 0.257. The molecule has 0 amide bonds. The van der Waals surface area contributed by atoms with E-state index < -0.39 is 7.67 Å². The lowest BCUT2D eigenvalue weighted by atomic mass is 10.2. The maximum atomic E-state index is 12.3. The molecule has 0 aliphatic heterocycles. The molecule has 2 rings (SSSR count). The molecule has 0 aliphatic rings. The van der Waals surface area contributed by atoms with Crippen LogP contribution in [0.15, 0.2) is 58.8 Å². The van der Waals surface area contributed by atoms with Gasteiger partial charge in [0.15, 0.2) is 0 Å². The van der Waals surface area contributed by atoms with Crippen molar-refractivity contribution < 1.29 is 14.2 Å². The van der Waals surface area contributed by atoms with Gasteiger partial charge in [-0.15, -0.1) is 23.2 Å².